The molecular weight excluding hydrogens is 357 g/mol. The third-order valence-corrected chi connectivity index (χ3v) is 4.13. The summed E-state index contributed by atoms with van der Waals surface area (Å²) in [6.07, 6.45) is 0. The van der Waals surface area contributed by atoms with Crippen LogP contribution in [0.2, 0.25) is 5.02 Å². The normalized spacial score (nSPS) is 10.8. The first-order chi connectivity index (χ1) is 10.1. The van der Waals surface area contributed by atoms with Crippen molar-refractivity contribution < 1.29 is 4.39 Å². The molecule has 6 heteroatoms. The summed E-state index contributed by atoms with van der Waals surface area (Å²) in [5, 5.41) is 7.00. The zero-order chi connectivity index (χ0) is 15.0. The number of hydrogen-bond acceptors (Lipinski definition) is 2. The van der Waals surface area contributed by atoms with E-state index in [9.17, 15) is 4.39 Å². The van der Waals surface area contributed by atoms with Crippen LogP contribution in [0.25, 0.3) is 22.4 Å². The Labute approximate surface area is 134 Å². The van der Waals surface area contributed by atoms with Gasteiger partial charge in [0.05, 0.1) is 16.3 Å². The highest BCUT2D eigenvalue weighted by Crippen LogP contribution is 2.39. The van der Waals surface area contributed by atoms with Gasteiger partial charge in [0.25, 0.3) is 0 Å². The summed E-state index contributed by atoms with van der Waals surface area (Å²) in [4.78, 5) is 0. The molecule has 0 unspecified atom stereocenters. The highest BCUT2D eigenvalue weighted by molar-refractivity contribution is 9.10. The monoisotopic (exact) mass is 365 g/mol. The van der Waals surface area contributed by atoms with Crippen molar-refractivity contribution in [2.75, 3.05) is 5.73 Å². The maximum Gasteiger partial charge on any atom is 0.153 e. The molecule has 21 heavy (non-hydrogen) atoms. The Bertz CT molecular complexity index is 816. The molecule has 0 saturated carbocycles. The number of halogens is 3. The molecule has 0 aliphatic heterocycles. The number of rotatable bonds is 2. The second-order valence-electron chi connectivity index (χ2n) is 4.47. The molecule has 0 atom stereocenters. The average Bonchev–Trinajstić information content (AvgIpc) is 2.84. The number of nitrogens with zero attached hydrogens (tertiary/aromatic N) is 1. The van der Waals surface area contributed by atoms with E-state index in [0.29, 0.717) is 11.5 Å². The van der Waals surface area contributed by atoms with Crippen molar-refractivity contribution in [3.05, 3.63) is 57.8 Å². The summed E-state index contributed by atoms with van der Waals surface area (Å²) in [5.41, 5.74) is 9.05. The molecule has 0 spiro atoms. The van der Waals surface area contributed by atoms with Crippen molar-refractivity contribution in [3.8, 4) is 22.4 Å². The number of aromatic nitrogens is 2. The Kier molecular flexibility index (Phi) is 3.69. The molecule has 1 aromatic heterocycles. The van der Waals surface area contributed by atoms with Gasteiger partial charge in [-0.1, -0.05) is 45.7 Å². The SMILES string of the molecule is Nc1n[nH]c(-c2ccc(F)c(Cl)c2)c1-c1ccccc1Br. The van der Waals surface area contributed by atoms with Gasteiger partial charge in [0.2, 0.25) is 0 Å². The maximum atomic E-state index is 13.3. The number of benzene rings is 2. The minimum Gasteiger partial charge on any atom is -0.382 e. The fourth-order valence-electron chi connectivity index (χ4n) is 2.15. The van der Waals surface area contributed by atoms with Crippen LogP contribution in [0, 0.1) is 5.82 Å². The van der Waals surface area contributed by atoms with Crippen LogP contribution in [0.1, 0.15) is 0 Å². The van der Waals surface area contributed by atoms with Gasteiger partial charge in [-0.05, 0) is 24.3 Å². The van der Waals surface area contributed by atoms with Gasteiger partial charge >= 0.3 is 0 Å². The minimum absolute atomic E-state index is 0.0544. The lowest BCUT2D eigenvalue weighted by Gasteiger charge is -2.07. The molecule has 0 aliphatic rings. The Morgan fingerprint density at radius 2 is 1.95 bits per heavy atom. The third-order valence-electron chi connectivity index (χ3n) is 3.15. The minimum atomic E-state index is -0.463. The molecule has 0 aliphatic carbocycles. The summed E-state index contributed by atoms with van der Waals surface area (Å²) in [7, 11) is 0. The largest absolute Gasteiger partial charge is 0.382 e. The Morgan fingerprint density at radius 3 is 2.67 bits per heavy atom. The van der Waals surface area contributed by atoms with Crippen LogP contribution in [0.4, 0.5) is 10.2 Å². The van der Waals surface area contributed by atoms with Crippen LogP contribution >= 0.6 is 27.5 Å². The zero-order valence-corrected chi connectivity index (χ0v) is 13.0. The molecule has 0 fully saturated rings. The molecule has 3 aromatic rings. The fourth-order valence-corrected chi connectivity index (χ4v) is 2.82. The molecule has 3 rings (SSSR count). The number of nitrogen functional groups attached to an aromatic ring is 1. The number of aromatic amines is 1. The summed E-state index contributed by atoms with van der Waals surface area (Å²) >= 11 is 9.35. The topological polar surface area (TPSA) is 54.7 Å². The van der Waals surface area contributed by atoms with Crippen molar-refractivity contribution in [2.45, 2.75) is 0 Å². The van der Waals surface area contributed by atoms with Crippen molar-refractivity contribution in [1.29, 1.82) is 0 Å². The van der Waals surface area contributed by atoms with E-state index in [1.165, 1.54) is 6.07 Å². The number of nitrogens with two attached hydrogens (primary N) is 1. The quantitative estimate of drug-likeness (QED) is 0.679. The van der Waals surface area contributed by atoms with Crippen LogP contribution in [0.5, 0.6) is 0 Å². The van der Waals surface area contributed by atoms with E-state index in [1.807, 2.05) is 24.3 Å². The fraction of sp³-hybridized carbons (Fsp3) is 0. The van der Waals surface area contributed by atoms with Crippen LogP contribution in [-0.2, 0) is 0 Å². The zero-order valence-electron chi connectivity index (χ0n) is 10.7. The molecule has 0 amide bonds. The first kappa shape index (κ1) is 14.1. The van der Waals surface area contributed by atoms with Crippen LogP contribution in [0.3, 0.4) is 0 Å². The Balaban J connectivity index is 2.22. The summed E-state index contributed by atoms with van der Waals surface area (Å²) in [5.74, 6) is -0.0901. The van der Waals surface area contributed by atoms with E-state index >= 15 is 0 Å². The van der Waals surface area contributed by atoms with E-state index in [4.69, 9.17) is 17.3 Å². The van der Waals surface area contributed by atoms with Crippen LogP contribution in [-0.4, -0.2) is 10.2 Å². The van der Waals surface area contributed by atoms with Gasteiger partial charge in [-0.3, -0.25) is 5.10 Å². The van der Waals surface area contributed by atoms with E-state index < -0.39 is 5.82 Å². The molecule has 2 aromatic carbocycles. The molecule has 3 nitrogen and oxygen atoms in total. The predicted octanol–water partition coefficient (Wildman–Crippen LogP) is 4.88. The molecule has 0 bridgehead atoms. The molecule has 0 saturated heterocycles. The van der Waals surface area contributed by atoms with Gasteiger partial charge in [-0.25, -0.2) is 4.39 Å². The number of nitrogens with one attached hydrogen (secondary N) is 1. The van der Waals surface area contributed by atoms with E-state index in [1.54, 1.807) is 12.1 Å². The Morgan fingerprint density at radius 1 is 1.19 bits per heavy atom. The van der Waals surface area contributed by atoms with Crippen LogP contribution < -0.4 is 5.73 Å². The Hall–Kier alpha value is -1.85. The van der Waals surface area contributed by atoms with Crippen molar-refractivity contribution in [1.82, 2.24) is 10.2 Å². The lowest BCUT2D eigenvalue weighted by molar-refractivity contribution is 0.628. The molecule has 106 valence electrons. The lowest BCUT2D eigenvalue weighted by atomic mass is 10.0. The highest BCUT2D eigenvalue weighted by atomic mass is 79.9. The first-order valence-corrected chi connectivity index (χ1v) is 7.29. The van der Waals surface area contributed by atoms with E-state index in [0.717, 1.165) is 21.2 Å². The van der Waals surface area contributed by atoms with Gasteiger partial charge in [-0.15, -0.1) is 0 Å². The first-order valence-electron chi connectivity index (χ1n) is 6.12. The number of anilines is 1. The second kappa shape index (κ2) is 5.50. The van der Waals surface area contributed by atoms with Crippen molar-refractivity contribution in [2.24, 2.45) is 0 Å². The van der Waals surface area contributed by atoms with Crippen LogP contribution in [0.15, 0.2) is 46.9 Å². The smallest absolute Gasteiger partial charge is 0.153 e. The highest BCUT2D eigenvalue weighted by Gasteiger charge is 2.17. The standard InChI is InChI=1S/C15H10BrClFN3/c16-10-4-2-1-3-9(10)13-14(20-21-15(13)19)8-5-6-12(18)11(17)7-8/h1-7H,(H3,19,20,21). The summed E-state index contributed by atoms with van der Waals surface area (Å²) in [6, 6.07) is 12.2. The van der Waals surface area contributed by atoms with Crippen molar-refractivity contribution in [3.63, 3.8) is 0 Å². The second-order valence-corrected chi connectivity index (χ2v) is 5.73. The van der Waals surface area contributed by atoms with Gasteiger partial charge in [-0.2, -0.15) is 5.10 Å². The van der Waals surface area contributed by atoms with Gasteiger partial charge in [0.15, 0.2) is 5.82 Å². The molecule has 1 heterocycles. The van der Waals surface area contributed by atoms with E-state index in [-0.39, 0.29) is 5.02 Å². The molecular formula is C15H10BrClFN3. The number of hydrogen-bond donors (Lipinski definition) is 2. The summed E-state index contributed by atoms with van der Waals surface area (Å²) in [6.45, 7) is 0. The van der Waals surface area contributed by atoms with Crippen molar-refractivity contribution >= 4 is 33.3 Å². The average molecular weight is 367 g/mol. The van der Waals surface area contributed by atoms with Gasteiger partial charge in [0, 0.05) is 15.6 Å². The molecule has 3 N–H and O–H groups in total. The van der Waals surface area contributed by atoms with Gasteiger partial charge < -0.3 is 5.73 Å². The van der Waals surface area contributed by atoms with E-state index in [2.05, 4.69) is 26.1 Å². The predicted molar refractivity (Wildman–Crippen MR) is 86.5 cm³/mol. The molecule has 0 radical (unpaired) electrons. The number of H-pyrrole nitrogens is 1. The third kappa shape index (κ3) is 2.54. The maximum absolute atomic E-state index is 13.3. The summed E-state index contributed by atoms with van der Waals surface area (Å²) < 4.78 is 14.2. The lowest BCUT2D eigenvalue weighted by Crippen LogP contribution is -1.90. The van der Waals surface area contributed by atoms with Gasteiger partial charge in [0.1, 0.15) is 5.82 Å².